The second-order valence-electron chi connectivity index (χ2n) is 6.12. The third kappa shape index (κ3) is 14.1. The third-order valence-corrected chi connectivity index (χ3v) is 3.06. The maximum Gasteiger partial charge on any atom is 0.0594 e. The molecule has 0 radical (unpaired) electrons. The van der Waals surface area contributed by atoms with Crippen LogP contribution < -0.4 is 5.32 Å². The van der Waals surface area contributed by atoms with Gasteiger partial charge in [-0.05, 0) is 18.9 Å². The number of hydrogen-bond acceptors (Lipinski definition) is 3. The van der Waals surface area contributed by atoms with Crippen LogP contribution in [0.15, 0.2) is 0 Å². The summed E-state index contributed by atoms with van der Waals surface area (Å²) in [6.07, 6.45) is 4.01. The second-order valence-corrected chi connectivity index (χ2v) is 6.12. The number of rotatable bonds is 7. The first-order valence-electron chi connectivity index (χ1n) is 8.09. The maximum atomic E-state index is 5.24. The average molecular weight is 274 g/mol. The Balaban J connectivity index is 0. The Morgan fingerprint density at radius 3 is 2.21 bits per heavy atom. The SMILES string of the molecule is CC(C)CN1CCOCC1.CCCCCNC(C)C.[HH]. The molecular weight excluding hydrogens is 236 g/mol. The summed E-state index contributed by atoms with van der Waals surface area (Å²) in [6.45, 7) is 17.6. The Kier molecular flexibility index (Phi) is 12.8. The largest absolute Gasteiger partial charge is 0.379 e. The van der Waals surface area contributed by atoms with Crippen LogP contribution in [-0.2, 0) is 4.74 Å². The van der Waals surface area contributed by atoms with Gasteiger partial charge in [0.25, 0.3) is 0 Å². The van der Waals surface area contributed by atoms with Crippen molar-refractivity contribution in [3.8, 4) is 0 Å². The molecule has 1 aliphatic heterocycles. The molecule has 0 atom stereocenters. The van der Waals surface area contributed by atoms with Gasteiger partial charge >= 0.3 is 0 Å². The molecule has 0 aromatic rings. The molecule has 1 aliphatic rings. The Bertz CT molecular complexity index is 183. The fourth-order valence-corrected chi connectivity index (χ4v) is 2.07. The van der Waals surface area contributed by atoms with Crippen LogP contribution in [0.1, 0.15) is 55.3 Å². The van der Waals surface area contributed by atoms with Crippen LogP contribution in [0, 0.1) is 5.92 Å². The summed E-state index contributed by atoms with van der Waals surface area (Å²) in [5, 5.41) is 3.38. The number of ether oxygens (including phenoxy) is 1. The first-order chi connectivity index (χ1) is 9.06. The van der Waals surface area contributed by atoms with E-state index in [1.54, 1.807) is 0 Å². The quantitative estimate of drug-likeness (QED) is 0.720. The number of nitrogens with one attached hydrogen (secondary N) is 1. The molecule has 0 bridgehead atoms. The molecule has 0 amide bonds. The Morgan fingerprint density at radius 1 is 1.11 bits per heavy atom. The highest BCUT2D eigenvalue weighted by Crippen LogP contribution is 2.01. The molecule has 3 nitrogen and oxygen atoms in total. The minimum absolute atomic E-state index is 0. The minimum atomic E-state index is 0. The topological polar surface area (TPSA) is 24.5 Å². The van der Waals surface area contributed by atoms with Crippen LogP contribution >= 0.6 is 0 Å². The van der Waals surface area contributed by atoms with Crippen molar-refractivity contribution in [2.75, 3.05) is 39.4 Å². The van der Waals surface area contributed by atoms with Crippen molar-refractivity contribution in [3.63, 3.8) is 0 Å². The van der Waals surface area contributed by atoms with Crippen molar-refractivity contribution in [1.29, 1.82) is 0 Å². The lowest BCUT2D eigenvalue weighted by Gasteiger charge is -2.27. The molecule has 0 aliphatic carbocycles. The monoisotopic (exact) mass is 274 g/mol. The van der Waals surface area contributed by atoms with Crippen LogP contribution in [0.2, 0.25) is 0 Å². The summed E-state index contributed by atoms with van der Waals surface area (Å²) in [5.41, 5.74) is 0. The van der Waals surface area contributed by atoms with Gasteiger partial charge in [-0.2, -0.15) is 0 Å². The first-order valence-corrected chi connectivity index (χ1v) is 8.09. The van der Waals surface area contributed by atoms with E-state index in [9.17, 15) is 0 Å². The van der Waals surface area contributed by atoms with Crippen molar-refractivity contribution >= 4 is 0 Å². The second kappa shape index (κ2) is 12.9. The molecule has 0 spiro atoms. The van der Waals surface area contributed by atoms with E-state index in [4.69, 9.17) is 4.74 Å². The molecule has 1 fully saturated rings. The summed E-state index contributed by atoms with van der Waals surface area (Å²) in [6, 6.07) is 0.654. The molecule has 0 saturated carbocycles. The minimum Gasteiger partial charge on any atom is -0.379 e. The number of hydrogen-bond donors (Lipinski definition) is 1. The summed E-state index contributed by atoms with van der Waals surface area (Å²) < 4.78 is 5.24. The van der Waals surface area contributed by atoms with Crippen molar-refractivity contribution in [3.05, 3.63) is 0 Å². The molecule has 1 rings (SSSR count). The number of unbranched alkanes of at least 4 members (excludes halogenated alkanes) is 2. The van der Waals surface area contributed by atoms with Gasteiger partial charge in [0.15, 0.2) is 0 Å². The van der Waals surface area contributed by atoms with Crippen LogP contribution in [0.3, 0.4) is 0 Å². The van der Waals surface area contributed by atoms with Crippen LogP contribution in [0.5, 0.6) is 0 Å². The molecule has 1 heterocycles. The van der Waals surface area contributed by atoms with Gasteiger partial charge in [-0.25, -0.2) is 0 Å². The average Bonchev–Trinajstić information content (AvgIpc) is 2.36. The fraction of sp³-hybridized carbons (Fsp3) is 1.00. The zero-order chi connectivity index (χ0) is 14.5. The lowest BCUT2D eigenvalue weighted by molar-refractivity contribution is 0.0329. The molecule has 0 aromatic carbocycles. The fourth-order valence-electron chi connectivity index (χ4n) is 2.07. The predicted molar refractivity (Wildman–Crippen MR) is 86.9 cm³/mol. The van der Waals surface area contributed by atoms with Gasteiger partial charge < -0.3 is 10.1 Å². The van der Waals surface area contributed by atoms with Gasteiger partial charge in [-0.3, -0.25) is 4.90 Å². The predicted octanol–water partition coefficient (Wildman–Crippen LogP) is 3.40. The Morgan fingerprint density at radius 2 is 1.74 bits per heavy atom. The Labute approximate surface area is 122 Å². The van der Waals surface area contributed by atoms with Crippen molar-refractivity contribution < 1.29 is 6.16 Å². The number of nitrogens with zero attached hydrogens (tertiary/aromatic N) is 1. The van der Waals surface area contributed by atoms with Gasteiger partial charge in [0.2, 0.25) is 0 Å². The van der Waals surface area contributed by atoms with E-state index in [0.717, 1.165) is 32.2 Å². The number of morpholine rings is 1. The zero-order valence-corrected chi connectivity index (χ0v) is 13.9. The van der Waals surface area contributed by atoms with E-state index >= 15 is 0 Å². The van der Waals surface area contributed by atoms with Gasteiger partial charge in [0.1, 0.15) is 0 Å². The summed E-state index contributed by atoms with van der Waals surface area (Å²) in [5.74, 6) is 0.790. The third-order valence-electron chi connectivity index (χ3n) is 3.06. The van der Waals surface area contributed by atoms with E-state index in [1.807, 2.05) is 0 Å². The highest BCUT2D eigenvalue weighted by molar-refractivity contribution is 4.62. The molecule has 0 unspecified atom stereocenters. The highest BCUT2D eigenvalue weighted by atomic mass is 16.5. The van der Waals surface area contributed by atoms with Crippen molar-refractivity contribution in [2.45, 2.75) is 59.9 Å². The van der Waals surface area contributed by atoms with E-state index in [0.29, 0.717) is 6.04 Å². The molecule has 1 saturated heterocycles. The van der Waals surface area contributed by atoms with Crippen molar-refractivity contribution in [1.82, 2.24) is 10.2 Å². The van der Waals surface area contributed by atoms with Crippen LogP contribution in [0.4, 0.5) is 0 Å². The summed E-state index contributed by atoms with van der Waals surface area (Å²) in [4.78, 5) is 2.47. The summed E-state index contributed by atoms with van der Waals surface area (Å²) in [7, 11) is 0. The Hall–Kier alpha value is -0.120. The van der Waals surface area contributed by atoms with E-state index in [-0.39, 0.29) is 1.43 Å². The molecule has 19 heavy (non-hydrogen) atoms. The van der Waals surface area contributed by atoms with Crippen LogP contribution in [-0.4, -0.2) is 50.3 Å². The standard InChI is InChI=1S/C8H17NO.C8H19N.H2/c1-8(2)7-9-3-5-10-6-4-9;1-4-5-6-7-9-8(2)3;/h8H,3-7H2,1-2H3;8-9H,4-7H2,1-3H3;1H. The highest BCUT2D eigenvalue weighted by Gasteiger charge is 2.10. The van der Waals surface area contributed by atoms with Gasteiger partial charge in [0.05, 0.1) is 13.2 Å². The molecule has 3 heteroatoms. The normalized spacial score (nSPS) is 16.6. The van der Waals surface area contributed by atoms with Gasteiger partial charge in [0, 0.05) is 27.1 Å². The van der Waals surface area contributed by atoms with Crippen LogP contribution in [0.25, 0.3) is 0 Å². The molecule has 0 aromatic heterocycles. The molecular formula is C16H38N2O. The van der Waals surface area contributed by atoms with E-state index in [1.165, 1.54) is 32.4 Å². The first kappa shape index (κ1) is 18.9. The van der Waals surface area contributed by atoms with E-state index in [2.05, 4.69) is 44.8 Å². The molecule has 1 N–H and O–H groups in total. The zero-order valence-electron chi connectivity index (χ0n) is 13.9. The van der Waals surface area contributed by atoms with Gasteiger partial charge in [-0.15, -0.1) is 0 Å². The maximum absolute atomic E-state index is 5.24. The smallest absolute Gasteiger partial charge is 0.0594 e. The summed E-state index contributed by atoms with van der Waals surface area (Å²) >= 11 is 0. The van der Waals surface area contributed by atoms with Gasteiger partial charge in [-0.1, -0.05) is 47.5 Å². The van der Waals surface area contributed by atoms with Crippen molar-refractivity contribution in [2.24, 2.45) is 5.92 Å². The lowest BCUT2D eigenvalue weighted by Crippen LogP contribution is -2.38. The molecule has 118 valence electrons. The van der Waals surface area contributed by atoms with E-state index < -0.39 is 0 Å². The lowest BCUT2D eigenvalue weighted by atomic mass is 10.2.